The number of rotatable bonds is 5. The highest BCUT2D eigenvalue weighted by atomic mass is 16.5. The third kappa shape index (κ3) is 3.99. The predicted octanol–water partition coefficient (Wildman–Crippen LogP) is 2.15. The number of benzene rings is 1. The van der Waals surface area contributed by atoms with Gasteiger partial charge in [-0.2, -0.15) is 0 Å². The van der Waals surface area contributed by atoms with Gasteiger partial charge in [0.2, 0.25) is 0 Å². The summed E-state index contributed by atoms with van der Waals surface area (Å²) in [5.41, 5.74) is 0.590. The molecule has 1 aromatic carbocycles. The Morgan fingerprint density at radius 2 is 2.00 bits per heavy atom. The third-order valence-electron chi connectivity index (χ3n) is 4.14. The standard InChI is InChI=1S/C17H23NO4/c19-17(18-13-7-10-20-11-8-13)15-5-1-2-6-16(15)22-12-14-4-3-9-21-14/h1-2,5-6,13-14H,3-4,7-12H2,(H,18,19)/t14-/m1/s1. The van der Waals surface area contributed by atoms with Gasteiger partial charge in [-0.1, -0.05) is 12.1 Å². The largest absolute Gasteiger partial charge is 0.490 e. The van der Waals surface area contributed by atoms with E-state index < -0.39 is 0 Å². The SMILES string of the molecule is O=C(NC1CCOCC1)c1ccccc1OC[C@H]1CCCO1. The molecule has 0 saturated carbocycles. The number of hydrogen-bond donors (Lipinski definition) is 1. The Labute approximate surface area is 130 Å². The van der Waals surface area contributed by atoms with Gasteiger partial charge in [-0.25, -0.2) is 0 Å². The van der Waals surface area contributed by atoms with Crippen molar-refractivity contribution in [1.82, 2.24) is 5.32 Å². The fraction of sp³-hybridized carbons (Fsp3) is 0.588. The maximum absolute atomic E-state index is 12.5. The van der Waals surface area contributed by atoms with E-state index in [2.05, 4.69) is 5.32 Å². The van der Waals surface area contributed by atoms with Crippen LogP contribution < -0.4 is 10.1 Å². The third-order valence-corrected chi connectivity index (χ3v) is 4.14. The first kappa shape index (κ1) is 15.3. The van der Waals surface area contributed by atoms with Crippen LogP contribution in [0, 0.1) is 0 Å². The minimum absolute atomic E-state index is 0.0742. The van der Waals surface area contributed by atoms with Gasteiger partial charge in [0, 0.05) is 25.9 Å². The second-order valence-electron chi connectivity index (χ2n) is 5.80. The van der Waals surface area contributed by atoms with Gasteiger partial charge in [0.15, 0.2) is 0 Å². The monoisotopic (exact) mass is 305 g/mol. The van der Waals surface area contributed by atoms with Crippen LogP contribution in [0.3, 0.4) is 0 Å². The number of amides is 1. The first-order valence-electron chi connectivity index (χ1n) is 8.05. The zero-order valence-corrected chi connectivity index (χ0v) is 12.8. The van der Waals surface area contributed by atoms with E-state index in [9.17, 15) is 4.79 Å². The topological polar surface area (TPSA) is 56.8 Å². The zero-order valence-electron chi connectivity index (χ0n) is 12.8. The van der Waals surface area contributed by atoms with Crippen LogP contribution in [0.4, 0.5) is 0 Å². The lowest BCUT2D eigenvalue weighted by atomic mass is 10.1. The van der Waals surface area contributed by atoms with Gasteiger partial charge < -0.3 is 19.5 Å². The fourth-order valence-corrected chi connectivity index (χ4v) is 2.84. The first-order chi connectivity index (χ1) is 10.8. The summed E-state index contributed by atoms with van der Waals surface area (Å²) in [7, 11) is 0. The molecule has 2 fully saturated rings. The van der Waals surface area contributed by atoms with Gasteiger partial charge in [0.05, 0.1) is 11.7 Å². The first-order valence-corrected chi connectivity index (χ1v) is 8.05. The molecule has 2 heterocycles. The number of hydrogen-bond acceptors (Lipinski definition) is 4. The van der Waals surface area contributed by atoms with Crippen molar-refractivity contribution in [2.75, 3.05) is 26.4 Å². The average molecular weight is 305 g/mol. The molecule has 0 aliphatic carbocycles. The van der Waals surface area contributed by atoms with E-state index in [0.717, 1.165) is 32.3 Å². The number of carbonyl (C=O) groups excluding carboxylic acids is 1. The molecule has 2 aliphatic rings. The van der Waals surface area contributed by atoms with Crippen molar-refractivity contribution >= 4 is 5.91 Å². The Balaban J connectivity index is 1.60. The molecule has 0 bridgehead atoms. The van der Waals surface area contributed by atoms with E-state index in [-0.39, 0.29) is 18.1 Å². The van der Waals surface area contributed by atoms with Crippen molar-refractivity contribution < 1.29 is 19.0 Å². The maximum atomic E-state index is 12.5. The molecule has 2 saturated heterocycles. The summed E-state index contributed by atoms with van der Waals surface area (Å²) in [5.74, 6) is 0.553. The number of para-hydroxylation sites is 1. The molecule has 1 amide bonds. The Morgan fingerprint density at radius 3 is 2.77 bits per heavy atom. The number of nitrogens with one attached hydrogen (secondary N) is 1. The van der Waals surface area contributed by atoms with Crippen molar-refractivity contribution in [3.63, 3.8) is 0 Å². The Hall–Kier alpha value is -1.59. The van der Waals surface area contributed by atoms with E-state index in [4.69, 9.17) is 14.2 Å². The van der Waals surface area contributed by atoms with E-state index in [1.807, 2.05) is 18.2 Å². The molecule has 1 aromatic rings. The molecular weight excluding hydrogens is 282 g/mol. The molecule has 1 atom stereocenters. The maximum Gasteiger partial charge on any atom is 0.255 e. The Kier molecular flexibility index (Phi) is 5.29. The lowest BCUT2D eigenvalue weighted by molar-refractivity contribution is 0.0650. The van der Waals surface area contributed by atoms with Crippen molar-refractivity contribution in [1.29, 1.82) is 0 Å². The van der Waals surface area contributed by atoms with Crippen LogP contribution in [-0.2, 0) is 9.47 Å². The van der Waals surface area contributed by atoms with Crippen molar-refractivity contribution in [2.45, 2.75) is 37.8 Å². The molecule has 5 heteroatoms. The summed E-state index contributed by atoms with van der Waals surface area (Å²) in [5, 5.41) is 3.07. The quantitative estimate of drug-likeness (QED) is 0.905. The molecule has 0 radical (unpaired) electrons. The van der Waals surface area contributed by atoms with Gasteiger partial charge in [-0.05, 0) is 37.8 Å². The highest BCUT2D eigenvalue weighted by Gasteiger charge is 2.21. The van der Waals surface area contributed by atoms with Crippen LogP contribution in [-0.4, -0.2) is 44.5 Å². The molecule has 0 aromatic heterocycles. The predicted molar refractivity (Wildman–Crippen MR) is 82.2 cm³/mol. The number of carbonyl (C=O) groups is 1. The van der Waals surface area contributed by atoms with Crippen LogP contribution in [0.15, 0.2) is 24.3 Å². The number of ether oxygens (including phenoxy) is 3. The minimum Gasteiger partial charge on any atom is -0.490 e. The van der Waals surface area contributed by atoms with E-state index in [1.54, 1.807) is 6.07 Å². The molecule has 1 N–H and O–H groups in total. The van der Waals surface area contributed by atoms with Gasteiger partial charge in [-0.3, -0.25) is 4.79 Å². The molecule has 2 aliphatic heterocycles. The highest BCUT2D eigenvalue weighted by Crippen LogP contribution is 2.21. The van der Waals surface area contributed by atoms with Crippen molar-refractivity contribution in [2.24, 2.45) is 0 Å². The van der Waals surface area contributed by atoms with Crippen LogP contribution in [0.5, 0.6) is 5.75 Å². The van der Waals surface area contributed by atoms with Crippen LogP contribution >= 0.6 is 0 Å². The minimum atomic E-state index is -0.0742. The second kappa shape index (κ2) is 7.61. The van der Waals surface area contributed by atoms with Crippen molar-refractivity contribution in [3.8, 4) is 5.75 Å². The molecular formula is C17H23NO4. The molecule has 3 rings (SSSR count). The van der Waals surface area contributed by atoms with E-state index in [0.29, 0.717) is 31.1 Å². The van der Waals surface area contributed by atoms with Gasteiger partial charge >= 0.3 is 0 Å². The van der Waals surface area contributed by atoms with E-state index in [1.165, 1.54) is 0 Å². The second-order valence-corrected chi connectivity index (χ2v) is 5.80. The lowest BCUT2D eigenvalue weighted by Crippen LogP contribution is -2.39. The van der Waals surface area contributed by atoms with Crippen LogP contribution in [0.2, 0.25) is 0 Å². The van der Waals surface area contributed by atoms with Gasteiger partial charge in [-0.15, -0.1) is 0 Å². The molecule has 5 nitrogen and oxygen atoms in total. The highest BCUT2D eigenvalue weighted by molar-refractivity contribution is 5.97. The molecule has 0 spiro atoms. The fourth-order valence-electron chi connectivity index (χ4n) is 2.84. The summed E-state index contributed by atoms with van der Waals surface area (Å²) in [4.78, 5) is 12.5. The van der Waals surface area contributed by atoms with Crippen LogP contribution in [0.25, 0.3) is 0 Å². The summed E-state index contributed by atoms with van der Waals surface area (Å²) in [6, 6.07) is 7.58. The molecule has 0 unspecified atom stereocenters. The van der Waals surface area contributed by atoms with Gasteiger partial charge in [0.25, 0.3) is 5.91 Å². The summed E-state index contributed by atoms with van der Waals surface area (Å²) >= 11 is 0. The van der Waals surface area contributed by atoms with Crippen LogP contribution in [0.1, 0.15) is 36.0 Å². The zero-order chi connectivity index (χ0) is 15.2. The normalized spacial score (nSPS) is 22.5. The lowest BCUT2D eigenvalue weighted by Gasteiger charge is -2.23. The van der Waals surface area contributed by atoms with E-state index >= 15 is 0 Å². The Morgan fingerprint density at radius 1 is 1.18 bits per heavy atom. The van der Waals surface area contributed by atoms with Gasteiger partial charge in [0.1, 0.15) is 12.4 Å². The molecule has 120 valence electrons. The smallest absolute Gasteiger partial charge is 0.255 e. The summed E-state index contributed by atoms with van der Waals surface area (Å²) in [6.07, 6.45) is 3.98. The Bertz CT molecular complexity index is 493. The summed E-state index contributed by atoms with van der Waals surface area (Å²) < 4.78 is 16.7. The summed E-state index contributed by atoms with van der Waals surface area (Å²) in [6.45, 7) is 2.73. The van der Waals surface area contributed by atoms with Crippen molar-refractivity contribution in [3.05, 3.63) is 29.8 Å². The average Bonchev–Trinajstić information content (AvgIpc) is 3.07. The molecule has 22 heavy (non-hydrogen) atoms.